The number of nitrogens with zero attached hydrogens (tertiary/aromatic N) is 2. The lowest BCUT2D eigenvalue weighted by atomic mass is 9.77. The number of nitro groups is 1. The molecule has 0 radical (unpaired) electrons. The molecule has 0 N–H and O–H groups in total. The fourth-order valence-corrected chi connectivity index (χ4v) is 5.84. The molecule has 2 amide bonds. The van der Waals surface area contributed by atoms with Gasteiger partial charge in [-0.3, -0.25) is 29.3 Å². The number of aryl methyl sites for hydroxylation is 1. The van der Waals surface area contributed by atoms with Gasteiger partial charge in [0.25, 0.3) is 5.69 Å². The predicted octanol–water partition coefficient (Wildman–Crippen LogP) is 4.25. The van der Waals surface area contributed by atoms with Crippen molar-refractivity contribution in [3.05, 3.63) is 104 Å². The van der Waals surface area contributed by atoms with Crippen molar-refractivity contribution in [3.63, 3.8) is 0 Å². The van der Waals surface area contributed by atoms with Crippen LogP contribution in [0.25, 0.3) is 0 Å². The molecule has 2 heterocycles. The monoisotopic (exact) mass is 516 g/mol. The normalized spacial score (nSPS) is 23.6. The molecule has 0 aromatic heterocycles. The van der Waals surface area contributed by atoms with E-state index >= 15 is 0 Å². The highest BCUT2D eigenvalue weighted by Crippen LogP contribution is 2.58. The number of anilines is 1. The van der Waals surface area contributed by atoms with Crippen molar-refractivity contribution in [2.45, 2.75) is 18.6 Å². The van der Waals surface area contributed by atoms with Gasteiger partial charge in [-0.25, -0.2) is 4.90 Å². The van der Waals surface area contributed by atoms with E-state index in [1.807, 2.05) is 0 Å². The SMILES string of the molecule is Cc1cc([N+](=O)[O-])ccc1N1C(=O)C2C(c3ccc(Cl)cc3)OC3(C(=O)c4ccccc4C3=O)C2C1=O. The lowest BCUT2D eigenvalue weighted by Gasteiger charge is -2.27. The summed E-state index contributed by atoms with van der Waals surface area (Å²) in [6.45, 7) is 1.54. The van der Waals surface area contributed by atoms with E-state index in [-0.39, 0.29) is 22.5 Å². The van der Waals surface area contributed by atoms with E-state index < -0.39 is 51.8 Å². The van der Waals surface area contributed by atoms with Crippen LogP contribution in [0.3, 0.4) is 0 Å². The molecule has 1 aliphatic carbocycles. The molecule has 9 nitrogen and oxygen atoms in total. The minimum absolute atomic E-state index is 0.133. The molecule has 1 spiro atoms. The van der Waals surface area contributed by atoms with E-state index in [1.165, 1.54) is 30.3 Å². The first-order chi connectivity index (χ1) is 17.7. The number of ketones is 2. The minimum atomic E-state index is -2.20. The first-order valence-corrected chi connectivity index (χ1v) is 11.8. The highest BCUT2D eigenvalue weighted by atomic mass is 35.5. The van der Waals surface area contributed by atoms with E-state index in [1.54, 1.807) is 43.3 Å². The quantitative estimate of drug-likeness (QED) is 0.220. The lowest BCUT2D eigenvalue weighted by Crippen LogP contribution is -2.51. The van der Waals surface area contributed by atoms with Crippen molar-refractivity contribution in [1.82, 2.24) is 0 Å². The maximum atomic E-state index is 14.0. The number of fused-ring (bicyclic) bond motifs is 3. The second kappa shape index (κ2) is 7.89. The van der Waals surface area contributed by atoms with Gasteiger partial charge in [0.1, 0.15) is 0 Å². The topological polar surface area (TPSA) is 124 Å². The number of carbonyl (C=O) groups is 4. The Morgan fingerprint density at radius 3 is 2.11 bits per heavy atom. The molecule has 0 saturated carbocycles. The molecule has 10 heteroatoms. The smallest absolute Gasteiger partial charge is 0.269 e. The second-order valence-electron chi connectivity index (χ2n) is 9.27. The minimum Gasteiger partial charge on any atom is -0.349 e. The zero-order valence-electron chi connectivity index (χ0n) is 19.2. The van der Waals surface area contributed by atoms with Crippen molar-refractivity contribution in [2.24, 2.45) is 11.8 Å². The van der Waals surface area contributed by atoms with Crippen LogP contribution in [0.5, 0.6) is 0 Å². The largest absolute Gasteiger partial charge is 0.349 e. The summed E-state index contributed by atoms with van der Waals surface area (Å²) in [6, 6.07) is 16.4. The zero-order valence-corrected chi connectivity index (χ0v) is 20.0. The van der Waals surface area contributed by atoms with Crippen LogP contribution >= 0.6 is 11.6 Å². The Morgan fingerprint density at radius 2 is 1.54 bits per heavy atom. The Hall–Kier alpha value is -4.21. The molecule has 2 fully saturated rings. The number of carbonyl (C=O) groups excluding carboxylic acids is 4. The van der Waals surface area contributed by atoms with E-state index in [2.05, 4.69) is 0 Å². The van der Waals surface area contributed by atoms with Crippen molar-refractivity contribution in [1.29, 1.82) is 0 Å². The number of nitro benzene ring substituents is 1. The molecule has 37 heavy (non-hydrogen) atoms. The molecular formula is C27H17ClN2O7. The summed E-state index contributed by atoms with van der Waals surface area (Å²) < 4.78 is 6.22. The van der Waals surface area contributed by atoms with Gasteiger partial charge in [0.05, 0.1) is 28.6 Å². The average Bonchev–Trinajstić information content (AvgIpc) is 3.45. The van der Waals surface area contributed by atoms with E-state index in [0.29, 0.717) is 16.1 Å². The van der Waals surface area contributed by atoms with E-state index in [0.717, 1.165) is 4.90 Å². The van der Waals surface area contributed by atoms with Crippen LogP contribution < -0.4 is 4.90 Å². The molecule has 3 aromatic carbocycles. The summed E-state index contributed by atoms with van der Waals surface area (Å²) in [6.07, 6.45) is -1.08. The summed E-state index contributed by atoms with van der Waals surface area (Å²) in [5.41, 5.74) is -1.18. The number of hydrogen-bond acceptors (Lipinski definition) is 7. The summed E-state index contributed by atoms with van der Waals surface area (Å²) in [5.74, 6) is -5.34. The van der Waals surface area contributed by atoms with Gasteiger partial charge in [0, 0.05) is 28.3 Å². The van der Waals surface area contributed by atoms with Gasteiger partial charge in [-0.15, -0.1) is 0 Å². The second-order valence-corrected chi connectivity index (χ2v) is 9.71. The highest BCUT2D eigenvalue weighted by molar-refractivity contribution is 6.37. The van der Waals surface area contributed by atoms with Crippen molar-refractivity contribution in [3.8, 4) is 0 Å². The van der Waals surface area contributed by atoms with Crippen molar-refractivity contribution < 1.29 is 28.8 Å². The van der Waals surface area contributed by atoms with E-state index in [9.17, 15) is 29.3 Å². The maximum absolute atomic E-state index is 14.0. The lowest BCUT2D eigenvalue weighted by molar-refractivity contribution is -0.384. The number of non-ortho nitro benzene ring substituents is 1. The molecule has 0 bridgehead atoms. The Bertz CT molecular complexity index is 1530. The number of imide groups is 1. The molecule has 3 unspecified atom stereocenters. The number of rotatable bonds is 3. The molecule has 6 rings (SSSR count). The maximum Gasteiger partial charge on any atom is 0.269 e. The molecule has 2 aliphatic heterocycles. The van der Waals surface area contributed by atoms with Gasteiger partial charge >= 0.3 is 0 Å². The van der Waals surface area contributed by atoms with Crippen LogP contribution in [0.1, 0.15) is 37.9 Å². The van der Waals surface area contributed by atoms with Gasteiger partial charge in [0.2, 0.25) is 29.0 Å². The first kappa shape index (κ1) is 23.2. The summed E-state index contributed by atoms with van der Waals surface area (Å²) in [5, 5.41) is 11.6. The van der Waals surface area contributed by atoms with Gasteiger partial charge in [0.15, 0.2) is 0 Å². The molecule has 3 aromatic rings. The third-order valence-electron chi connectivity index (χ3n) is 7.35. The van der Waals surface area contributed by atoms with Crippen molar-refractivity contribution >= 4 is 46.4 Å². The zero-order chi connectivity index (χ0) is 26.2. The van der Waals surface area contributed by atoms with E-state index in [4.69, 9.17) is 16.3 Å². The van der Waals surface area contributed by atoms with Crippen LogP contribution in [0.15, 0.2) is 66.7 Å². The molecule has 3 aliphatic rings. The Kier molecular flexibility index (Phi) is 4.95. The Balaban J connectivity index is 1.53. The Morgan fingerprint density at radius 1 is 0.919 bits per heavy atom. The number of Topliss-reactive ketones (excluding diaryl/α,β-unsaturated/α-hetero) is 2. The van der Waals surface area contributed by atoms with Crippen LogP contribution in [-0.2, 0) is 14.3 Å². The summed E-state index contributed by atoms with van der Waals surface area (Å²) >= 11 is 6.04. The van der Waals surface area contributed by atoms with Crippen LogP contribution in [0.2, 0.25) is 5.02 Å². The highest BCUT2D eigenvalue weighted by Gasteiger charge is 2.74. The number of hydrogen-bond donors (Lipinski definition) is 0. The average molecular weight is 517 g/mol. The fraction of sp³-hybridized carbons (Fsp3) is 0.185. The van der Waals surface area contributed by atoms with Crippen LogP contribution in [0.4, 0.5) is 11.4 Å². The number of benzene rings is 3. The number of amides is 2. The first-order valence-electron chi connectivity index (χ1n) is 11.4. The van der Waals surface area contributed by atoms with Gasteiger partial charge in [-0.05, 0) is 36.2 Å². The summed E-state index contributed by atoms with van der Waals surface area (Å²) in [4.78, 5) is 66.9. The standard InChI is InChI=1S/C27H17ClN2O7/c1-13-12-16(30(35)36)10-11-19(13)29-25(33)20-21(26(29)34)27(37-22(20)14-6-8-15(28)9-7-14)23(31)17-4-2-3-5-18(17)24(27)32/h2-12,20-22H,1H3. The summed E-state index contributed by atoms with van der Waals surface area (Å²) in [7, 11) is 0. The fourth-order valence-electron chi connectivity index (χ4n) is 5.71. The Labute approximate surface area is 214 Å². The van der Waals surface area contributed by atoms with Gasteiger partial charge in [-0.1, -0.05) is 48.0 Å². The predicted molar refractivity (Wildman–Crippen MR) is 130 cm³/mol. The van der Waals surface area contributed by atoms with Gasteiger partial charge < -0.3 is 4.74 Å². The number of halogens is 1. The molecular weight excluding hydrogens is 500 g/mol. The molecule has 3 atom stereocenters. The number of ether oxygens (including phenoxy) is 1. The van der Waals surface area contributed by atoms with Crippen molar-refractivity contribution in [2.75, 3.05) is 4.90 Å². The van der Waals surface area contributed by atoms with Crippen LogP contribution in [-0.4, -0.2) is 33.9 Å². The third-order valence-corrected chi connectivity index (χ3v) is 7.60. The van der Waals surface area contributed by atoms with Gasteiger partial charge in [-0.2, -0.15) is 0 Å². The van der Waals surface area contributed by atoms with Crippen LogP contribution in [0, 0.1) is 28.9 Å². The third kappa shape index (κ3) is 3.01. The molecule has 184 valence electrons. The molecule has 2 saturated heterocycles.